The van der Waals surface area contributed by atoms with Crippen LogP contribution in [0.2, 0.25) is 0 Å². The number of fused-ring (bicyclic) bond motifs is 1. The minimum Gasteiger partial charge on any atom is -0.486 e. The van der Waals surface area contributed by atoms with Crippen LogP contribution in [0.4, 0.5) is 5.69 Å². The van der Waals surface area contributed by atoms with Gasteiger partial charge in [0.15, 0.2) is 18.1 Å². The molecular weight excluding hydrogens is 354 g/mol. The molecule has 140 valence electrons. The number of nitro benzene ring substituents is 1. The number of ether oxygens (including phenoxy) is 3. The molecule has 8 nitrogen and oxygen atoms in total. The Balaban J connectivity index is 1.79. The molecule has 0 aliphatic carbocycles. The fourth-order valence-electron chi connectivity index (χ4n) is 2.81. The van der Waals surface area contributed by atoms with Crippen molar-refractivity contribution in [2.24, 2.45) is 0 Å². The fourth-order valence-corrected chi connectivity index (χ4v) is 2.81. The van der Waals surface area contributed by atoms with Crippen molar-refractivity contribution in [2.75, 3.05) is 19.8 Å². The van der Waals surface area contributed by atoms with E-state index in [0.717, 1.165) is 17.2 Å². The summed E-state index contributed by atoms with van der Waals surface area (Å²) >= 11 is 0. The predicted octanol–water partition coefficient (Wildman–Crippen LogP) is 3.02. The van der Waals surface area contributed by atoms with Gasteiger partial charge in [-0.25, -0.2) is 4.79 Å². The molecule has 0 atom stereocenters. The molecule has 1 aliphatic heterocycles. The van der Waals surface area contributed by atoms with E-state index in [1.807, 2.05) is 13.0 Å². The Hall–Kier alpha value is -3.42. The van der Waals surface area contributed by atoms with Crippen molar-refractivity contribution >= 4 is 17.4 Å². The minimum atomic E-state index is -0.975. The van der Waals surface area contributed by atoms with Crippen LogP contribution in [0, 0.1) is 24.0 Å². The molecule has 2 aromatic rings. The van der Waals surface area contributed by atoms with Gasteiger partial charge in [-0.05, 0) is 19.4 Å². The van der Waals surface area contributed by atoms with Crippen molar-refractivity contribution in [3.8, 4) is 11.5 Å². The Morgan fingerprint density at radius 3 is 2.37 bits per heavy atom. The van der Waals surface area contributed by atoms with E-state index in [2.05, 4.69) is 0 Å². The molecule has 0 unspecified atom stereocenters. The van der Waals surface area contributed by atoms with Crippen LogP contribution in [-0.4, -0.2) is 36.5 Å². The summed E-state index contributed by atoms with van der Waals surface area (Å²) in [7, 11) is 0. The number of hydrogen-bond acceptors (Lipinski definition) is 7. The summed E-state index contributed by atoms with van der Waals surface area (Å²) < 4.78 is 15.7. The highest BCUT2D eigenvalue weighted by Gasteiger charge is 2.28. The molecule has 1 heterocycles. The van der Waals surface area contributed by atoms with Crippen molar-refractivity contribution in [2.45, 2.75) is 13.8 Å². The van der Waals surface area contributed by atoms with Crippen molar-refractivity contribution in [3.63, 3.8) is 0 Å². The molecule has 3 rings (SSSR count). The molecule has 0 amide bonds. The van der Waals surface area contributed by atoms with Crippen LogP contribution < -0.4 is 9.47 Å². The number of esters is 1. The van der Waals surface area contributed by atoms with E-state index < -0.39 is 23.2 Å². The monoisotopic (exact) mass is 371 g/mol. The number of carbonyl (C=O) groups excluding carboxylic acids is 2. The standard InChI is InChI=1S/C19H17NO7/c1-11-3-4-13(12(2)7-11)16(21)10-27-19(22)14-8-17-18(26-6-5-25-17)9-15(14)20(23)24/h3-4,7-9H,5-6,10H2,1-2H3. The van der Waals surface area contributed by atoms with E-state index in [1.54, 1.807) is 19.1 Å². The van der Waals surface area contributed by atoms with Gasteiger partial charge in [0.05, 0.1) is 11.0 Å². The first kappa shape index (κ1) is 18.4. The van der Waals surface area contributed by atoms with Crippen LogP contribution in [0.25, 0.3) is 0 Å². The summed E-state index contributed by atoms with van der Waals surface area (Å²) in [5.41, 5.74) is 1.44. The van der Waals surface area contributed by atoms with Gasteiger partial charge in [-0.3, -0.25) is 14.9 Å². The van der Waals surface area contributed by atoms with Gasteiger partial charge in [0, 0.05) is 11.6 Å². The third-order valence-electron chi connectivity index (χ3n) is 4.09. The van der Waals surface area contributed by atoms with Crippen molar-refractivity contribution in [3.05, 3.63) is 62.7 Å². The number of nitrogens with zero attached hydrogens (tertiary/aromatic N) is 1. The zero-order valence-electron chi connectivity index (χ0n) is 14.8. The number of benzene rings is 2. The largest absolute Gasteiger partial charge is 0.486 e. The van der Waals surface area contributed by atoms with Gasteiger partial charge in [-0.15, -0.1) is 0 Å². The van der Waals surface area contributed by atoms with E-state index in [1.165, 1.54) is 6.07 Å². The maximum absolute atomic E-state index is 12.4. The number of nitro groups is 1. The number of rotatable bonds is 5. The molecular formula is C19H17NO7. The zero-order chi connectivity index (χ0) is 19.6. The summed E-state index contributed by atoms with van der Waals surface area (Å²) in [6.07, 6.45) is 0. The minimum absolute atomic E-state index is 0.191. The van der Waals surface area contributed by atoms with E-state index in [-0.39, 0.29) is 36.1 Å². The lowest BCUT2D eigenvalue weighted by Gasteiger charge is -2.18. The van der Waals surface area contributed by atoms with Crippen LogP contribution in [-0.2, 0) is 4.74 Å². The first-order valence-electron chi connectivity index (χ1n) is 8.22. The zero-order valence-corrected chi connectivity index (χ0v) is 14.8. The van der Waals surface area contributed by atoms with E-state index in [9.17, 15) is 19.7 Å². The lowest BCUT2D eigenvalue weighted by atomic mass is 10.0. The van der Waals surface area contributed by atoms with Gasteiger partial charge >= 0.3 is 5.97 Å². The van der Waals surface area contributed by atoms with Crippen LogP contribution in [0.15, 0.2) is 30.3 Å². The van der Waals surface area contributed by atoms with Crippen LogP contribution in [0.1, 0.15) is 31.8 Å². The van der Waals surface area contributed by atoms with Crippen molar-refractivity contribution in [1.82, 2.24) is 0 Å². The van der Waals surface area contributed by atoms with Gasteiger partial charge in [0.25, 0.3) is 5.69 Å². The second-order valence-corrected chi connectivity index (χ2v) is 6.09. The second-order valence-electron chi connectivity index (χ2n) is 6.09. The maximum atomic E-state index is 12.4. The highest BCUT2D eigenvalue weighted by molar-refractivity contribution is 6.01. The lowest BCUT2D eigenvalue weighted by molar-refractivity contribution is -0.385. The maximum Gasteiger partial charge on any atom is 0.345 e. The SMILES string of the molecule is Cc1ccc(C(=O)COC(=O)c2cc3c(cc2[N+](=O)[O-])OCCO3)c(C)c1. The summed E-state index contributed by atoms with van der Waals surface area (Å²) in [5.74, 6) is -0.951. The molecule has 2 aromatic carbocycles. The Bertz CT molecular complexity index is 936. The smallest absolute Gasteiger partial charge is 0.345 e. The number of aryl methyl sites for hydroxylation is 2. The highest BCUT2D eigenvalue weighted by Crippen LogP contribution is 2.36. The van der Waals surface area contributed by atoms with Crippen LogP contribution in [0.3, 0.4) is 0 Å². The second kappa shape index (κ2) is 7.45. The topological polar surface area (TPSA) is 105 Å². The molecule has 1 aliphatic rings. The summed E-state index contributed by atoms with van der Waals surface area (Å²) in [6, 6.07) is 7.62. The molecule has 0 spiro atoms. The third-order valence-corrected chi connectivity index (χ3v) is 4.09. The van der Waals surface area contributed by atoms with Crippen molar-refractivity contribution in [1.29, 1.82) is 0 Å². The van der Waals surface area contributed by atoms with Gasteiger partial charge in [0.2, 0.25) is 5.78 Å². The Morgan fingerprint density at radius 1 is 1.07 bits per heavy atom. The summed E-state index contributed by atoms with van der Waals surface area (Å²) in [5, 5.41) is 11.3. The number of carbonyl (C=O) groups is 2. The third kappa shape index (κ3) is 3.89. The first-order valence-corrected chi connectivity index (χ1v) is 8.22. The Morgan fingerprint density at radius 2 is 1.74 bits per heavy atom. The molecule has 27 heavy (non-hydrogen) atoms. The average Bonchev–Trinajstić information content (AvgIpc) is 2.64. The fraction of sp³-hybridized carbons (Fsp3) is 0.263. The Labute approximate surface area is 154 Å². The molecule has 0 saturated heterocycles. The Kier molecular flexibility index (Phi) is 5.07. The lowest BCUT2D eigenvalue weighted by Crippen LogP contribution is -2.19. The first-order chi connectivity index (χ1) is 12.9. The molecule has 0 fully saturated rings. The summed E-state index contributed by atoms with van der Waals surface area (Å²) in [4.78, 5) is 35.2. The van der Waals surface area contributed by atoms with Crippen LogP contribution >= 0.6 is 0 Å². The van der Waals surface area contributed by atoms with E-state index >= 15 is 0 Å². The normalized spacial score (nSPS) is 12.4. The van der Waals surface area contributed by atoms with Gasteiger partial charge in [-0.1, -0.05) is 23.8 Å². The van der Waals surface area contributed by atoms with Crippen molar-refractivity contribution < 1.29 is 28.7 Å². The van der Waals surface area contributed by atoms with Gasteiger partial charge in [0.1, 0.15) is 18.8 Å². The van der Waals surface area contributed by atoms with E-state index in [0.29, 0.717) is 5.56 Å². The number of hydrogen-bond donors (Lipinski definition) is 0. The molecule has 0 N–H and O–H groups in total. The molecule has 8 heteroatoms. The van der Waals surface area contributed by atoms with Gasteiger partial charge < -0.3 is 14.2 Å². The molecule has 0 aromatic heterocycles. The molecule has 0 radical (unpaired) electrons. The summed E-state index contributed by atoms with van der Waals surface area (Å²) in [6.45, 7) is 3.70. The number of ketones is 1. The predicted molar refractivity (Wildman–Crippen MR) is 94.6 cm³/mol. The quantitative estimate of drug-likeness (QED) is 0.344. The molecule has 0 saturated carbocycles. The average molecular weight is 371 g/mol. The van der Waals surface area contributed by atoms with Gasteiger partial charge in [-0.2, -0.15) is 0 Å². The van der Waals surface area contributed by atoms with E-state index in [4.69, 9.17) is 14.2 Å². The number of Topliss-reactive ketones (excluding diaryl/α,β-unsaturated/α-hetero) is 1. The molecule has 0 bridgehead atoms. The van der Waals surface area contributed by atoms with Crippen LogP contribution in [0.5, 0.6) is 11.5 Å². The highest BCUT2D eigenvalue weighted by atomic mass is 16.6.